The van der Waals surface area contributed by atoms with E-state index in [1.807, 2.05) is 24.3 Å². The number of unbranched alkanes of at least 4 members (excludes halogenated alkanes) is 6. The van der Waals surface area contributed by atoms with Crippen molar-refractivity contribution in [1.29, 1.82) is 0 Å². The average Bonchev–Trinajstić information content (AvgIpc) is 3.11. The predicted octanol–water partition coefficient (Wildman–Crippen LogP) is 10.4. The number of aryl methyl sites for hydroxylation is 1. The first-order valence-corrected chi connectivity index (χ1v) is 13.0. The van der Waals surface area contributed by atoms with Crippen LogP contribution in [0, 0.1) is 0 Å². The number of carbonyl (C=O) groups is 1. The van der Waals surface area contributed by atoms with E-state index in [1.54, 1.807) is 0 Å². The van der Waals surface area contributed by atoms with Crippen LogP contribution in [-0.4, -0.2) is 29.4 Å². The van der Waals surface area contributed by atoms with Gasteiger partial charge < -0.3 is 10.2 Å². The Morgan fingerprint density at radius 3 is 1.39 bits per heavy atom. The smallest absolute Gasteiger partial charge is 0.378 e. The SMILES string of the molecule is C=C.C=C.C=C.C=C.C=C.C=C.C=C.C=C.C=CC(=O)OOc1ccccc1CCCCCCCCC.OCCO. The molecule has 0 radical (unpaired) electrons. The van der Waals surface area contributed by atoms with Crippen molar-refractivity contribution in [2.75, 3.05) is 13.2 Å². The van der Waals surface area contributed by atoms with Crippen molar-refractivity contribution in [1.82, 2.24) is 0 Å². The largest absolute Gasteiger partial charge is 0.394 e. The van der Waals surface area contributed by atoms with Crippen molar-refractivity contribution in [3.63, 3.8) is 0 Å². The van der Waals surface area contributed by atoms with Crippen molar-refractivity contribution in [3.05, 3.63) is 148 Å². The van der Waals surface area contributed by atoms with Gasteiger partial charge >= 0.3 is 5.97 Å². The van der Waals surface area contributed by atoms with Crippen LogP contribution in [0.4, 0.5) is 0 Å². The molecule has 1 aromatic carbocycles. The molecule has 0 aliphatic heterocycles. The van der Waals surface area contributed by atoms with E-state index in [2.05, 4.69) is 124 Å². The molecule has 5 nitrogen and oxygen atoms in total. The summed E-state index contributed by atoms with van der Waals surface area (Å²) < 4.78 is 0. The molecule has 0 heterocycles. The highest BCUT2D eigenvalue weighted by atomic mass is 17.2. The van der Waals surface area contributed by atoms with Crippen molar-refractivity contribution in [2.45, 2.75) is 58.3 Å². The Hall–Kier alpha value is -3.93. The van der Waals surface area contributed by atoms with E-state index in [4.69, 9.17) is 15.1 Å². The first kappa shape index (κ1) is 61.2. The van der Waals surface area contributed by atoms with Crippen LogP contribution in [0.2, 0.25) is 0 Å². The van der Waals surface area contributed by atoms with Gasteiger partial charge in [-0.15, -0.1) is 105 Å². The van der Waals surface area contributed by atoms with Gasteiger partial charge in [-0.05, 0) is 24.5 Å². The Labute approximate surface area is 255 Å². The fourth-order valence-corrected chi connectivity index (χ4v) is 2.18. The molecule has 1 rings (SSSR count). The molecule has 0 atom stereocenters. The van der Waals surface area contributed by atoms with Crippen LogP contribution in [0.1, 0.15) is 57.4 Å². The van der Waals surface area contributed by atoms with E-state index in [-0.39, 0.29) is 13.2 Å². The summed E-state index contributed by atoms with van der Waals surface area (Å²) in [6.07, 6.45) is 10.9. The Morgan fingerprint density at radius 1 is 0.659 bits per heavy atom. The van der Waals surface area contributed by atoms with Gasteiger partial charge in [0.1, 0.15) is 0 Å². The highest BCUT2D eigenvalue weighted by Crippen LogP contribution is 2.21. The molecular formula is C36H64O5. The van der Waals surface area contributed by atoms with Crippen LogP contribution >= 0.6 is 0 Å². The Morgan fingerprint density at radius 2 is 1.02 bits per heavy atom. The molecule has 0 spiro atoms. The summed E-state index contributed by atoms with van der Waals surface area (Å²) in [7, 11) is 0. The second kappa shape index (κ2) is 91.1. The zero-order chi connectivity index (χ0) is 34.8. The van der Waals surface area contributed by atoms with Gasteiger partial charge in [0, 0.05) is 6.08 Å². The molecule has 238 valence electrons. The average molecular weight is 577 g/mol. The van der Waals surface area contributed by atoms with Gasteiger partial charge in [-0.2, -0.15) is 0 Å². The van der Waals surface area contributed by atoms with Crippen molar-refractivity contribution in [3.8, 4) is 5.75 Å². The van der Waals surface area contributed by atoms with Gasteiger partial charge in [0.05, 0.1) is 13.2 Å². The molecule has 41 heavy (non-hydrogen) atoms. The van der Waals surface area contributed by atoms with Crippen molar-refractivity contribution < 1.29 is 24.8 Å². The minimum atomic E-state index is -0.583. The quantitative estimate of drug-likeness (QED) is 0.0851. The summed E-state index contributed by atoms with van der Waals surface area (Å²) in [5, 5.41) is 15.2. The maximum atomic E-state index is 11.0. The van der Waals surface area contributed by atoms with Gasteiger partial charge in [0.15, 0.2) is 5.75 Å². The molecule has 0 aliphatic carbocycles. The van der Waals surface area contributed by atoms with Gasteiger partial charge in [-0.3, -0.25) is 4.89 Å². The molecule has 0 aromatic heterocycles. The lowest BCUT2D eigenvalue weighted by Gasteiger charge is -2.08. The molecular weight excluding hydrogens is 512 g/mol. The zero-order valence-electron chi connectivity index (χ0n) is 26.6. The minimum Gasteiger partial charge on any atom is -0.394 e. The van der Waals surface area contributed by atoms with E-state index >= 15 is 0 Å². The number of para-hydroxylation sites is 1. The highest BCUT2D eigenvalue weighted by Gasteiger charge is 2.06. The summed E-state index contributed by atoms with van der Waals surface area (Å²) in [6.45, 7) is 53.3. The van der Waals surface area contributed by atoms with Crippen LogP contribution in [0.15, 0.2) is 142 Å². The lowest BCUT2D eigenvalue weighted by molar-refractivity contribution is -0.207. The number of carbonyl (C=O) groups excluding carboxylic acids is 1. The van der Waals surface area contributed by atoms with Crippen LogP contribution in [0.3, 0.4) is 0 Å². The zero-order valence-corrected chi connectivity index (χ0v) is 26.6. The molecule has 0 amide bonds. The maximum Gasteiger partial charge on any atom is 0.378 e. The van der Waals surface area contributed by atoms with Crippen LogP contribution in [0.5, 0.6) is 5.75 Å². The first-order chi connectivity index (χ1) is 20.2. The van der Waals surface area contributed by atoms with Crippen LogP contribution in [-0.2, 0) is 16.1 Å². The van der Waals surface area contributed by atoms with Gasteiger partial charge in [-0.25, -0.2) is 9.68 Å². The number of rotatable bonds is 12. The summed E-state index contributed by atoms with van der Waals surface area (Å²) in [6, 6.07) is 7.66. The third-order valence-corrected chi connectivity index (χ3v) is 3.50. The van der Waals surface area contributed by atoms with Crippen molar-refractivity contribution in [2.24, 2.45) is 0 Å². The predicted molar refractivity (Wildman–Crippen MR) is 189 cm³/mol. The maximum absolute atomic E-state index is 11.0. The molecule has 2 N–H and O–H groups in total. The summed E-state index contributed by atoms with van der Waals surface area (Å²) in [5.74, 6) is 0.0272. The fraction of sp³-hybridized carbons (Fsp3) is 0.306. The molecule has 0 fully saturated rings. The van der Waals surface area contributed by atoms with Crippen LogP contribution < -0.4 is 4.89 Å². The van der Waals surface area contributed by atoms with Gasteiger partial charge in [-0.1, -0.05) is 70.2 Å². The van der Waals surface area contributed by atoms with E-state index in [0.717, 1.165) is 24.5 Å². The van der Waals surface area contributed by atoms with E-state index in [9.17, 15) is 4.79 Å². The van der Waals surface area contributed by atoms with E-state index in [1.165, 1.54) is 38.5 Å². The number of aliphatic hydroxyl groups excluding tert-OH is 2. The summed E-state index contributed by atoms with van der Waals surface area (Å²) >= 11 is 0. The Bertz CT molecular complexity index is 549. The minimum absolute atomic E-state index is 0.125. The second-order valence-corrected chi connectivity index (χ2v) is 5.62. The number of hydrogen-bond donors (Lipinski definition) is 2. The lowest BCUT2D eigenvalue weighted by Crippen LogP contribution is -2.05. The third-order valence-electron chi connectivity index (χ3n) is 3.50. The molecule has 0 bridgehead atoms. The number of benzene rings is 1. The topological polar surface area (TPSA) is 76.0 Å². The summed E-state index contributed by atoms with van der Waals surface area (Å²) in [4.78, 5) is 20.7. The standard InChI is InChI=1S/C18H26O3.C2H6O2.8C2H4/c1-3-5-6-7-8-9-10-13-16-14-11-12-15-17(16)20-21-18(19)4-2;3-1-2-4;8*1-2/h4,11-12,14-15H,2-3,5-10,13H2,1H3;3-4H,1-2H2;8*1-2H2. The molecule has 5 heteroatoms. The van der Waals surface area contributed by atoms with Crippen molar-refractivity contribution >= 4 is 5.97 Å². The normalized spacial score (nSPS) is 6.71. The Balaban J connectivity index is -0.0000000611. The van der Waals surface area contributed by atoms with Crippen LogP contribution in [0.25, 0.3) is 0 Å². The molecule has 0 aliphatic rings. The molecule has 0 saturated heterocycles. The molecule has 0 unspecified atom stereocenters. The third kappa shape index (κ3) is 72.3. The van der Waals surface area contributed by atoms with E-state index < -0.39 is 5.97 Å². The Kier molecular flexibility index (Phi) is 136. The number of aliphatic hydroxyl groups is 2. The molecule has 1 aromatic rings. The number of hydrogen-bond acceptors (Lipinski definition) is 5. The van der Waals surface area contributed by atoms with Gasteiger partial charge in [0.25, 0.3) is 0 Å². The van der Waals surface area contributed by atoms with Gasteiger partial charge in [0.2, 0.25) is 0 Å². The lowest BCUT2D eigenvalue weighted by atomic mass is 10.0. The monoisotopic (exact) mass is 576 g/mol. The molecule has 0 saturated carbocycles. The first-order valence-electron chi connectivity index (χ1n) is 13.0. The summed E-state index contributed by atoms with van der Waals surface area (Å²) in [5.41, 5.74) is 1.07. The second-order valence-electron chi connectivity index (χ2n) is 5.62. The van der Waals surface area contributed by atoms with E-state index in [0.29, 0.717) is 5.75 Å². The fourth-order valence-electron chi connectivity index (χ4n) is 2.18. The highest BCUT2D eigenvalue weighted by molar-refractivity contribution is 5.80.